The van der Waals surface area contributed by atoms with Gasteiger partial charge in [-0.25, -0.2) is 0 Å². The van der Waals surface area contributed by atoms with Gasteiger partial charge >= 0.3 is 0 Å². The molecule has 0 fully saturated rings. The second-order valence-corrected chi connectivity index (χ2v) is 5.56. The Labute approximate surface area is 130 Å². The van der Waals surface area contributed by atoms with E-state index in [1.807, 2.05) is 26.0 Å². The average Bonchev–Trinajstić information content (AvgIpc) is 2.39. The number of nitrogens with zero attached hydrogens (tertiary/aromatic N) is 2. The topological polar surface area (TPSA) is 75.7 Å². The number of nitro benzene ring substituents is 1. The monoisotopic (exact) mass is 348 g/mol. The molecule has 0 aliphatic carbocycles. The first kappa shape index (κ1) is 15.2. The molecular weight excluding hydrogens is 336 g/mol. The third-order valence-electron chi connectivity index (χ3n) is 3.01. The van der Waals surface area contributed by atoms with E-state index in [1.165, 1.54) is 24.4 Å². The summed E-state index contributed by atoms with van der Waals surface area (Å²) in [6.07, 6.45) is 1.44. The smallest absolute Gasteiger partial charge is 0.270 e. The van der Waals surface area contributed by atoms with Gasteiger partial charge in [-0.1, -0.05) is 15.9 Å². The van der Waals surface area contributed by atoms with E-state index < -0.39 is 4.92 Å². The Morgan fingerprint density at radius 2 is 1.86 bits per heavy atom. The maximum absolute atomic E-state index is 10.8. The predicted molar refractivity (Wildman–Crippen MR) is 85.6 cm³/mol. The second-order valence-electron chi connectivity index (χ2n) is 4.65. The van der Waals surface area contributed by atoms with Crippen LogP contribution in [0, 0.1) is 24.0 Å². The summed E-state index contributed by atoms with van der Waals surface area (Å²) < 4.78 is 0.967. The van der Waals surface area contributed by atoms with Crippen molar-refractivity contribution in [2.24, 2.45) is 4.99 Å². The highest BCUT2D eigenvalue weighted by Gasteiger charge is 2.09. The molecule has 2 aromatic rings. The lowest BCUT2D eigenvalue weighted by molar-refractivity contribution is -0.384. The maximum atomic E-state index is 10.8. The van der Waals surface area contributed by atoms with Gasteiger partial charge in [0, 0.05) is 28.4 Å². The minimum atomic E-state index is -0.507. The Hall–Kier alpha value is -2.21. The number of hydrogen-bond donors (Lipinski definition) is 1. The first-order valence-corrected chi connectivity index (χ1v) is 6.96. The summed E-state index contributed by atoms with van der Waals surface area (Å²) in [5.41, 5.74) is 2.96. The number of halogens is 1. The zero-order valence-electron chi connectivity index (χ0n) is 11.5. The van der Waals surface area contributed by atoms with Crippen molar-refractivity contribution in [1.82, 2.24) is 0 Å². The van der Waals surface area contributed by atoms with Crippen LogP contribution in [0.1, 0.15) is 16.7 Å². The summed E-state index contributed by atoms with van der Waals surface area (Å²) in [4.78, 5) is 14.6. The van der Waals surface area contributed by atoms with Crippen molar-refractivity contribution in [2.45, 2.75) is 13.8 Å². The number of benzene rings is 2. The van der Waals surface area contributed by atoms with Crippen LogP contribution in [0.2, 0.25) is 0 Å². The molecule has 0 saturated carbocycles. The highest BCUT2D eigenvalue weighted by Crippen LogP contribution is 2.28. The summed E-state index contributed by atoms with van der Waals surface area (Å²) in [6.45, 7) is 3.86. The second kappa shape index (κ2) is 6.05. The Balaban J connectivity index is 2.42. The van der Waals surface area contributed by atoms with Crippen molar-refractivity contribution >= 4 is 33.5 Å². The number of aryl methyl sites for hydroxylation is 2. The molecule has 0 aromatic heterocycles. The third-order valence-corrected chi connectivity index (χ3v) is 3.47. The fourth-order valence-corrected chi connectivity index (χ4v) is 2.69. The molecule has 0 saturated heterocycles. The van der Waals surface area contributed by atoms with Crippen molar-refractivity contribution in [2.75, 3.05) is 0 Å². The number of nitro groups is 1. The van der Waals surface area contributed by atoms with Crippen molar-refractivity contribution in [1.29, 1.82) is 0 Å². The van der Waals surface area contributed by atoms with Crippen LogP contribution in [0.15, 0.2) is 39.8 Å². The van der Waals surface area contributed by atoms with Gasteiger partial charge in [0.2, 0.25) is 0 Å². The van der Waals surface area contributed by atoms with E-state index in [1.54, 1.807) is 0 Å². The summed E-state index contributed by atoms with van der Waals surface area (Å²) in [5.74, 6) is -0.0447. The number of non-ortho nitro benzene ring substituents is 1. The number of phenols is 1. The summed E-state index contributed by atoms with van der Waals surface area (Å²) >= 11 is 3.41. The van der Waals surface area contributed by atoms with Gasteiger partial charge < -0.3 is 5.11 Å². The number of hydrogen-bond acceptors (Lipinski definition) is 4. The Morgan fingerprint density at radius 3 is 2.43 bits per heavy atom. The van der Waals surface area contributed by atoms with E-state index in [-0.39, 0.29) is 11.4 Å². The molecule has 108 valence electrons. The summed E-state index contributed by atoms with van der Waals surface area (Å²) in [6, 6.07) is 7.71. The molecule has 0 atom stereocenters. The molecular formula is C15H13BrN2O3. The predicted octanol–water partition coefficient (Wildman–Crippen LogP) is 4.43. The zero-order chi connectivity index (χ0) is 15.6. The van der Waals surface area contributed by atoms with Crippen LogP contribution < -0.4 is 0 Å². The van der Waals surface area contributed by atoms with E-state index in [9.17, 15) is 15.2 Å². The lowest BCUT2D eigenvalue weighted by atomic mass is 10.1. The first-order chi connectivity index (χ1) is 9.88. The molecule has 0 heterocycles. The van der Waals surface area contributed by atoms with Crippen LogP contribution >= 0.6 is 15.9 Å². The van der Waals surface area contributed by atoms with Crippen molar-refractivity contribution in [3.63, 3.8) is 0 Å². The fraction of sp³-hybridized carbons (Fsp3) is 0.133. The lowest BCUT2D eigenvalue weighted by Gasteiger charge is -2.06. The molecule has 0 amide bonds. The van der Waals surface area contributed by atoms with Crippen LogP contribution in [0.3, 0.4) is 0 Å². The summed E-state index contributed by atoms with van der Waals surface area (Å²) in [7, 11) is 0. The van der Waals surface area contributed by atoms with Gasteiger partial charge in [0.15, 0.2) is 0 Å². The Morgan fingerprint density at radius 1 is 1.24 bits per heavy atom. The largest absolute Gasteiger partial charge is 0.507 e. The quantitative estimate of drug-likeness (QED) is 0.506. The lowest BCUT2D eigenvalue weighted by Crippen LogP contribution is -1.91. The molecule has 0 aliphatic rings. The minimum Gasteiger partial charge on any atom is -0.507 e. The van der Waals surface area contributed by atoms with Crippen molar-refractivity contribution < 1.29 is 10.0 Å². The standard InChI is InChI=1S/C15H13BrN2O3/c1-9-5-12(16)6-10(2)15(9)17-8-11-7-13(18(20)21)3-4-14(11)19/h3-8,19H,1-2H3/b17-8+. The molecule has 0 bridgehead atoms. The molecule has 0 unspecified atom stereocenters. The molecule has 21 heavy (non-hydrogen) atoms. The molecule has 1 N–H and O–H groups in total. The first-order valence-electron chi connectivity index (χ1n) is 6.16. The number of aliphatic imine (C=N–C) groups is 1. The van der Waals surface area contributed by atoms with E-state index in [4.69, 9.17) is 0 Å². The molecule has 5 nitrogen and oxygen atoms in total. The molecule has 2 aromatic carbocycles. The maximum Gasteiger partial charge on any atom is 0.270 e. The van der Waals surface area contributed by atoms with Crippen molar-refractivity contribution in [3.05, 3.63) is 61.6 Å². The zero-order valence-corrected chi connectivity index (χ0v) is 13.1. The van der Waals surface area contributed by atoms with Crippen LogP contribution in [0.25, 0.3) is 0 Å². The molecule has 0 aliphatic heterocycles. The van der Waals surface area contributed by atoms with Gasteiger partial charge in [-0.15, -0.1) is 0 Å². The fourth-order valence-electron chi connectivity index (χ4n) is 2.00. The van der Waals surface area contributed by atoms with Crippen LogP contribution in [-0.2, 0) is 0 Å². The van der Waals surface area contributed by atoms with Crippen molar-refractivity contribution in [3.8, 4) is 5.75 Å². The summed E-state index contributed by atoms with van der Waals surface area (Å²) in [5, 5.41) is 20.5. The third kappa shape index (κ3) is 3.46. The van der Waals surface area contributed by atoms with E-state index in [0.717, 1.165) is 21.3 Å². The minimum absolute atomic E-state index is 0.0447. The highest BCUT2D eigenvalue weighted by molar-refractivity contribution is 9.10. The van der Waals surface area contributed by atoms with Gasteiger partial charge in [0.05, 0.1) is 10.6 Å². The van der Waals surface area contributed by atoms with E-state index >= 15 is 0 Å². The van der Waals surface area contributed by atoms with Gasteiger partial charge in [-0.05, 0) is 43.2 Å². The molecule has 0 radical (unpaired) electrons. The molecule has 2 rings (SSSR count). The normalized spacial score (nSPS) is 11.0. The molecule has 6 heteroatoms. The van der Waals surface area contributed by atoms with Gasteiger partial charge in [-0.2, -0.15) is 0 Å². The van der Waals surface area contributed by atoms with E-state index in [2.05, 4.69) is 20.9 Å². The number of phenolic OH excluding ortho intramolecular Hbond substituents is 1. The molecule has 0 spiro atoms. The average molecular weight is 349 g/mol. The SMILES string of the molecule is Cc1cc(Br)cc(C)c1/N=C/c1cc([N+](=O)[O-])ccc1O. The highest BCUT2D eigenvalue weighted by atomic mass is 79.9. The number of aromatic hydroxyl groups is 1. The van der Waals surface area contributed by atoms with Crippen LogP contribution in [0.4, 0.5) is 11.4 Å². The van der Waals surface area contributed by atoms with E-state index in [0.29, 0.717) is 5.56 Å². The van der Waals surface area contributed by atoms with Crippen LogP contribution in [-0.4, -0.2) is 16.2 Å². The van der Waals surface area contributed by atoms with Gasteiger partial charge in [-0.3, -0.25) is 15.1 Å². The van der Waals surface area contributed by atoms with Gasteiger partial charge in [0.25, 0.3) is 5.69 Å². The van der Waals surface area contributed by atoms with Gasteiger partial charge in [0.1, 0.15) is 5.75 Å². The Bertz CT molecular complexity index is 719. The Kier molecular flexibility index (Phi) is 4.37. The van der Waals surface area contributed by atoms with Crippen LogP contribution in [0.5, 0.6) is 5.75 Å². The number of rotatable bonds is 3.